The second-order valence-electron chi connectivity index (χ2n) is 6.57. The summed E-state index contributed by atoms with van der Waals surface area (Å²) in [5.74, 6) is -0.339. The number of nitrogens with one attached hydrogen (secondary N) is 1. The third-order valence-electron chi connectivity index (χ3n) is 4.70. The number of aryl methyl sites for hydroxylation is 1. The highest BCUT2D eigenvalue weighted by atomic mass is 32.2. The summed E-state index contributed by atoms with van der Waals surface area (Å²) in [5.41, 5.74) is 7.97. The Balaban J connectivity index is 1.62. The van der Waals surface area contributed by atoms with Crippen molar-refractivity contribution in [3.8, 4) is 0 Å². The molecule has 1 heterocycles. The van der Waals surface area contributed by atoms with E-state index in [0.29, 0.717) is 42.2 Å². The molecule has 2 aromatic carbocycles. The van der Waals surface area contributed by atoms with Gasteiger partial charge in [0.15, 0.2) is 0 Å². The first-order chi connectivity index (χ1) is 12.4. The molecule has 6 nitrogen and oxygen atoms in total. The number of rotatable bonds is 4. The molecule has 138 valence electrons. The number of nitrogen functional groups attached to an aromatic ring is 1. The van der Waals surface area contributed by atoms with Gasteiger partial charge in [0.2, 0.25) is 15.9 Å². The molecule has 7 heteroatoms. The van der Waals surface area contributed by atoms with Gasteiger partial charge >= 0.3 is 0 Å². The van der Waals surface area contributed by atoms with Crippen molar-refractivity contribution in [3.05, 3.63) is 54.1 Å². The van der Waals surface area contributed by atoms with Crippen LogP contribution in [0.25, 0.3) is 0 Å². The number of amides is 1. The largest absolute Gasteiger partial charge is 0.397 e. The van der Waals surface area contributed by atoms with E-state index < -0.39 is 10.0 Å². The van der Waals surface area contributed by atoms with Gasteiger partial charge in [-0.1, -0.05) is 29.8 Å². The van der Waals surface area contributed by atoms with Gasteiger partial charge in [-0.15, -0.1) is 0 Å². The van der Waals surface area contributed by atoms with Gasteiger partial charge in [0.25, 0.3) is 0 Å². The summed E-state index contributed by atoms with van der Waals surface area (Å²) in [6.07, 6.45) is 0.979. The van der Waals surface area contributed by atoms with E-state index in [1.807, 2.05) is 13.0 Å². The van der Waals surface area contributed by atoms with Gasteiger partial charge in [0.05, 0.1) is 16.3 Å². The number of nitrogens with zero attached hydrogens (tertiary/aromatic N) is 1. The molecule has 1 saturated heterocycles. The lowest BCUT2D eigenvalue weighted by Crippen LogP contribution is -2.41. The summed E-state index contributed by atoms with van der Waals surface area (Å²) in [4.78, 5) is 12.7. The van der Waals surface area contributed by atoms with Crippen molar-refractivity contribution in [3.63, 3.8) is 0 Å². The van der Waals surface area contributed by atoms with Crippen molar-refractivity contribution in [2.24, 2.45) is 5.92 Å². The highest BCUT2D eigenvalue weighted by molar-refractivity contribution is 7.89. The number of nitrogens with two attached hydrogens (primary N) is 1. The second-order valence-corrected chi connectivity index (χ2v) is 8.51. The van der Waals surface area contributed by atoms with E-state index in [4.69, 9.17) is 5.73 Å². The van der Waals surface area contributed by atoms with Crippen LogP contribution in [-0.2, 0) is 14.8 Å². The molecule has 0 bridgehead atoms. The molecule has 0 saturated carbocycles. The smallest absolute Gasteiger partial charge is 0.243 e. The SMILES string of the molecule is Cc1ccc(S(=O)(=O)N2CCC(C(=O)Nc3ccccc3N)CC2)cc1. The zero-order chi connectivity index (χ0) is 18.7. The lowest BCUT2D eigenvalue weighted by atomic mass is 9.97. The first-order valence-electron chi connectivity index (χ1n) is 8.60. The van der Waals surface area contributed by atoms with E-state index in [0.717, 1.165) is 5.56 Å². The molecule has 0 unspecified atom stereocenters. The van der Waals surface area contributed by atoms with Gasteiger partial charge in [-0.25, -0.2) is 8.42 Å². The van der Waals surface area contributed by atoms with Crippen molar-refractivity contribution in [1.29, 1.82) is 0 Å². The molecule has 2 aromatic rings. The Hall–Kier alpha value is -2.38. The van der Waals surface area contributed by atoms with Gasteiger partial charge in [-0.05, 0) is 44.0 Å². The van der Waals surface area contributed by atoms with Gasteiger partial charge in [0, 0.05) is 19.0 Å². The monoisotopic (exact) mass is 373 g/mol. The zero-order valence-electron chi connectivity index (χ0n) is 14.7. The Morgan fingerprint density at radius 2 is 1.69 bits per heavy atom. The van der Waals surface area contributed by atoms with E-state index in [2.05, 4.69) is 5.32 Å². The summed E-state index contributed by atoms with van der Waals surface area (Å²) < 4.78 is 26.9. The fourth-order valence-electron chi connectivity index (χ4n) is 3.06. The van der Waals surface area contributed by atoms with Gasteiger partial charge in [-0.3, -0.25) is 4.79 Å². The maximum atomic E-state index is 12.7. The van der Waals surface area contributed by atoms with E-state index in [-0.39, 0.29) is 11.8 Å². The normalized spacial score (nSPS) is 16.3. The average Bonchev–Trinajstić information content (AvgIpc) is 2.64. The van der Waals surface area contributed by atoms with Crippen molar-refractivity contribution in [2.45, 2.75) is 24.7 Å². The maximum Gasteiger partial charge on any atom is 0.243 e. The molecule has 0 atom stereocenters. The fraction of sp³-hybridized carbons (Fsp3) is 0.316. The number of piperidine rings is 1. The lowest BCUT2D eigenvalue weighted by Gasteiger charge is -2.30. The summed E-state index contributed by atoms with van der Waals surface area (Å²) >= 11 is 0. The van der Waals surface area contributed by atoms with Crippen LogP contribution in [0.1, 0.15) is 18.4 Å². The summed E-state index contributed by atoms with van der Waals surface area (Å²) in [6, 6.07) is 13.9. The molecule has 3 rings (SSSR count). The third-order valence-corrected chi connectivity index (χ3v) is 6.62. The minimum Gasteiger partial charge on any atom is -0.397 e. The lowest BCUT2D eigenvalue weighted by molar-refractivity contribution is -0.120. The van der Waals surface area contributed by atoms with Crippen LogP contribution in [-0.4, -0.2) is 31.7 Å². The van der Waals surface area contributed by atoms with Crippen molar-refractivity contribution < 1.29 is 13.2 Å². The number of hydrogen-bond donors (Lipinski definition) is 2. The number of anilines is 2. The Labute approximate surface area is 154 Å². The van der Waals surface area contributed by atoms with E-state index >= 15 is 0 Å². The van der Waals surface area contributed by atoms with E-state index in [1.54, 1.807) is 42.5 Å². The van der Waals surface area contributed by atoms with Crippen LogP contribution in [0, 0.1) is 12.8 Å². The van der Waals surface area contributed by atoms with Crippen LogP contribution in [0.5, 0.6) is 0 Å². The number of benzene rings is 2. The highest BCUT2D eigenvalue weighted by Gasteiger charge is 2.32. The van der Waals surface area contributed by atoms with Gasteiger partial charge in [0.1, 0.15) is 0 Å². The molecular formula is C19H23N3O3S. The van der Waals surface area contributed by atoms with Crippen LogP contribution in [0.2, 0.25) is 0 Å². The van der Waals surface area contributed by atoms with Crippen LogP contribution in [0.3, 0.4) is 0 Å². The van der Waals surface area contributed by atoms with Crippen LogP contribution >= 0.6 is 0 Å². The number of carbonyl (C=O) groups excluding carboxylic acids is 1. The minimum absolute atomic E-state index is 0.115. The molecule has 0 spiro atoms. The van der Waals surface area contributed by atoms with Crippen molar-refractivity contribution in [2.75, 3.05) is 24.1 Å². The molecule has 3 N–H and O–H groups in total. The fourth-order valence-corrected chi connectivity index (χ4v) is 4.53. The Bertz CT molecular complexity index is 887. The number of sulfonamides is 1. The standard InChI is InChI=1S/C19H23N3O3S/c1-14-6-8-16(9-7-14)26(24,25)22-12-10-15(11-13-22)19(23)21-18-5-3-2-4-17(18)20/h2-9,15H,10-13,20H2,1H3,(H,21,23). The van der Waals surface area contributed by atoms with Crippen LogP contribution < -0.4 is 11.1 Å². The highest BCUT2D eigenvalue weighted by Crippen LogP contribution is 2.26. The van der Waals surface area contributed by atoms with E-state index in [1.165, 1.54) is 4.31 Å². The number of para-hydroxylation sites is 2. The van der Waals surface area contributed by atoms with Crippen molar-refractivity contribution >= 4 is 27.3 Å². The summed E-state index contributed by atoms with van der Waals surface area (Å²) in [7, 11) is -3.51. The maximum absolute atomic E-state index is 12.7. The Morgan fingerprint density at radius 1 is 1.08 bits per heavy atom. The molecule has 1 aliphatic rings. The molecule has 0 radical (unpaired) electrons. The Kier molecular flexibility index (Phi) is 5.29. The molecule has 0 aromatic heterocycles. The molecular weight excluding hydrogens is 350 g/mol. The number of carbonyl (C=O) groups is 1. The summed E-state index contributed by atoms with van der Waals surface area (Å²) in [5, 5.41) is 2.84. The summed E-state index contributed by atoms with van der Waals surface area (Å²) in [6.45, 7) is 2.58. The predicted octanol–water partition coefficient (Wildman–Crippen LogP) is 2.62. The first-order valence-corrected chi connectivity index (χ1v) is 10.0. The predicted molar refractivity (Wildman–Crippen MR) is 102 cm³/mol. The molecule has 1 aliphatic heterocycles. The van der Waals surface area contributed by atoms with Gasteiger partial charge in [-0.2, -0.15) is 4.31 Å². The second kappa shape index (κ2) is 7.47. The van der Waals surface area contributed by atoms with Crippen LogP contribution in [0.4, 0.5) is 11.4 Å². The molecule has 1 fully saturated rings. The van der Waals surface area contributed by atoms with Crippen molar-refractivity contribution in [1.82, 2.24) is 4.31 Å². The van der Waals surface area contributed by atoms with E-state index in [9.17, 15) is 13.2 Å². The number of hydrogen-bond acceptors (Lipinski definition) is 4. The molecule has 26 heavy (non-hydrogen) atoms. The van der Waals surface area contributed by atoms with Crippen LogP contribution in [0.15, 0.2) is 53.4 Å². The minimum atomic E-state index is -3.51. The first kappa shape index (κ1) is 18.4. The third kappa shape index (κ3) is 3.89. The average molecular weight is 373 g/mol. The molecule has 1 amide bonds. The molecule has 0 aliphatic carbocycles. The quantitative estimate of drug-likeness (QED) is 0.806. The van der Waals surface area contributed by atoms with Gasteiger partial charge < -0.3 is 11.1 Å². The Morgan fingerprint density at radius 3 is 2.31 bits per heavy atom. The topological polar surface area (TPSA) is 92.5 Å². The zero-order valence-corrected chi connectivity index (χ0v) is 15.5.